The number of rotatable bonds is 3. The van der Waals surface area contributed by atoms with E-state index in [-0.39, 0.29) is 5.91 Å². The van der Waals surface area contributed by atoms with Gasteiger partial charge in [0.1, 0.15) is 5.82 Å². The molecule has 0 unspecified atom stereocenters. The summed E-state index contributed by atoms with van der Waals surface area (Å²) < 4.78 is 0. The molecule has 0 bridgehead atoms. The predicted octanol–water partition coefficient (Wildman–Crippen LogP) is 2.60. The van der Waals surface area contributed by atoms with Crippen molar-refractivity contribution in [3.63, 3.8) is 0 Å². The summed E-state index contributed by atoms with van der Waals surface area (Å²) in [6.45, 7) is 6.29. The summed E-state index contributed by atoms with van der Waals surface area (Å²) in [5.41, 5.74) is 2.05. The molecule has 1 aliphatic heterocycles. The van der Waals surface area contributed by atoms with E-state index < -0.39 is 0 Å². The first-order valence-electron chi connectivity index (χ1n) is 7.82. The van der Waals surface area contributed by atoms with Crippen molar-refractivity contribution in [2.75, 3.05) is 24.5 Å². The van der Waals surface area contributed by atoms with Crippen LogP contribution in [0.25, 0.3) is 0 Å². The number of anilines is 1. The van der Waals surface area contributed by atoms with Crippen molar-refractivity contribution in [2.24, 2.45) is 0 Å². The normalized spacial score (nSPS) is 13.6. The molecule has 1 amide bonds. The smallest absolute Gasteiger partial charge is 0.254 e. The standard InChI is InChI=1S/C19H18N4O/c1-2-9-22-10-11-23(14-17-7-4-8-21-18(17)22)19(24)16-6-3-5-15(12-16)13-20/h2-8,12H,1,9-11,14H2. The summed E-state index contributed by atoms with van der Waals surface area (Å²) in [6, 6.07) is 12.8. The topological polar surface area (TPSA) is 60.2 Å². The highest BCUT2D eigenvalue weighted by atomic mass is 16.2. The zero-order chi connectivity index (χ0) is 16.9. The zero-order valence-electron chi connectivity index (χ0n) is 13.4. The third-order valence-corrected chi connectivity index (χ3v) is 4.04. The van der Waals surface area contributed by atoms with Crippen LogP contribution >= 0.6 is 0 Å². The van der Waals surface area contributed by atoms with Crippen molar-refractivity contribution in [2.45, 2.75) is 6.54 Å². The molecule has 1 aromatic carbocycles. The number of fused-ring (bicyclic) bond motifs is 1. The summed E-state index contributed by atoms with van der Waals surface area (Å²) in [6.07, 6.45) is 3.61. The minimum atomic E-state index is -0.0673. The van der Waals surface area contributed by atoms with E-state index in [0.29, 0.717) is 37.3 Å². The SMILES string of the molecule is C=CCN1CCN(C(=O)c2cccc(C#N)c2)Cc2cccnc21. The quantitative estimate of drug-likeness (QED) is 0.816. The molecule has 0 spiro atoms. The molecule has 0 N–H and O–H groups in total. The van der Waals surface area contributed by atoms with Crippen LogP contribution in [0.5, 0.6) is 0 Å². The van der Waals surface area contributed by atoms with Gasteiger partial charge < -0.3 is 9.80 Å². The Morgan fingerprint density at radius 3 is 3.00 bits per heavy atom. The van der Waals surface area contributed by atoms with Gasteiger partial charge in [-0.05, 0) is 24.3 Å². The highest BCUT2D eigenvalue weighted by Gasteiger charge is 2.24. The molecule has 1 aliphatic rings. The number of aromatic nitrogens is 1. The molecule has 0 saturated carbocycles. The van der Waals surface area contributed by atoms with Crippen molar-refractivity contribution in [3.05, 3.63) is 71.9 Å². The van der Waals surface area contributed by atoms with Crippen molar-refractivity contribution in [1.82, 2.24) is 9.88 Å². The second-order valence-electron chi connectivity index (χ2n) is 5.64. The molecule has 1 aromatic heterocycles. The fraction of sp³-hybridized carbons (Fsp3) is 0.211. The minimum absolute atomic E-state index is 0.0673. The zero-order valence-corrected chi connectivity index (χ0v) is 13.4. The van der Waals surface area contributed by atoms with Gasteiger partial charge in [0.05, 0.1) is 11.6 Å². The van der Waals surface area contributed by atoms with Crippen LogP contribution in [0, 0.1) is 11.3 Å². The molecule has 0 saturated heterocycles. The lowest BCUT2D eigenvalue weighted by Gasteiger charge is -2.22. The van der Waals surface area contributed by atoms with Crippen LogP contribution in [-0.4, -0.2) is 35.4 Å². The average Bonchev–Trinajstić information content (AvgIpc) is 2.81. The Morgan fingerprint density at radius 2 is 2.21 bits per heavy atom. The summed E-state index contributed by atoms with van der Waals surface area (Å²) in [5, 5.41) is 9.02. The van der Waals surface area contributed by atoms with Crippen molar-refractivity contribution < 1.29 is 4.79 Å². The van der Waals surface area contributed by atoms with Gasteiger partial charge in [-0.1, -0.05) is 18.2 Å². The highest BCUT2D eigenvalue weighted by molar-refractivity contribution is 5.94. The van der Waals surface area contributed by atoms with E-state index in [0.717, 1.165) is 11.4 Å². The Labute approximate surface area is 141 Å². The average molecular weight is 318 g/mol. The summed E-state index contributed by atoms with van der Waals surface area (Å²) >= 11 is 0. The van der Waals surface area contributed by atoms with Gasteiger partial charge in [-0.15, -0.1) is 6.58 Å². The summed E-state index contributed by atoms with van der Waals surface area (Å²) in [5.74, 6) is 0.834. The van der Waals surface area contributed by atoms with E-state index >= 15 is 0 Å². The maximum atomic E-state index is 12.9. The second-order valence-corrected chi connectivity index (χ2v) is 5.64. The molecule has 2 aromatic rings. The van der Waals surface area contributed by atoms with E-state index in [4.69, 9.17) is 5.26 Å². The fourth-order valence-corrected chi connectivity index (χ4v) is 2.88. The lowest BCUT2D eigenvalue weighted by Crippen LogP contribution is -2.35. The van der Waals surface area contributed by atoms with Gasteiger partial charge in [-0.25, -0.2) is 4.98 Å². The van der Waals surface area contributed by atoms with Gasteiger partial charge in [0, 0.05) is 43.5 Å². The van der Waals surface area contributed by atoms with Crippen LogP contribution in [0.1, 0.15) is 21.5 Å². The third kappa shape index (κ3) is 3.13. The van der Waals surface area contributed by atoms with E-state index in [1.165, 1.54) is 0 Å². The highest BCUT2D eigenvalue weighted by Crippen LogP contribution is 2.23. The van der Waals surface area contributed by atoms with Gasteiger partial charge in [0.15, 0.2) is 0 Å². The Balaban J connectivity index is 1.89. The van der Waals surface area contributed by atoms with Crippen molar-refractivity contribution in [1.29, 1.82) is 5.26 Å². The Hall–Kier alpha value is -3.13. The lowest BCUT2D eigenvalue weighted by molar-refractivity contribution is 0.0751. The molecule has 3 rings (SSSR count). The van der Waals surface area contributed by atoms with E-state index in [1.54, 1.807) is 35.4 Å². The molecule has 120 valence electrons. The Morgan fingerprint density at radius 1 is 1.33 bits per heavy atom. The number of benzene rings is 1. The van der Waals surface area contributed by atoms with Crippen LogP contribution in [0.2, 0.25) is 0 Å². The molecule has 0 aliphatic carbocycles. The number of nitriles is 1. The second kappa shape index (κ2) is 6.97. The van der Waals surface area contributed by atoms with E-state index in [2.05, 4.69) is 22.5 Å². The van der Waals surface area contributed by atoms with Gasteiger partial charge in [-0.2, -0.15) is 5.26 Å². The van der Waals surface area contributed by atoms with Crippen molar-refractivity contribution >= 4 is 11.7 Å². The largest absolute Gasteiger partial charge is 0.351 e. The number of carbonyl (C=O) groups excluding carboxylic acids is 1. The van der Waals surface area contributed by atoms with Gasteiger partial charge in [0.2, 0.25) is 0 Å². The first kappa shape index (κ1) is 15.8. The fourth-order valence-electron chi connectivity index (χ4n) is 2.88. The van der Waals surface area contributed by atoms with Crippen LogP contribution in [-0.2, 0) is 6.54 Å². The first-order valence-corrected chi connectivity index (χ1v) is 7.82. The monoisotopic (exact) mass is 318 g/mol. The van der Waals surface area contributed by atoms with Crippen LogP contribution in [0.15, 0.2) is 55.3 Å². The van der Waals surface area contributed by atoms with Crippen LogP contribution in [0.4, 0.5) is 5.82 Å². The molecule has 24 heavy (non-hydrogen) atoms. The summed E-state index contributed by atoms with van der Waals surface area (Å²) in [4.78, 5) is 21.3. The summed E-state index contributed by atoms with van der Waals surface area (Å²) in [7, 11) is 0. The molecule has 5 heteroatoms. The number of amides is 1. The predicted molar refractivity (Wildman–Crippen MR) is 92.5 cm³/mol. The maximum Gasteiger partial charge on any atom is 0.254 e. The Bertz CT molecular complexity index is 809. The third-order valence-electron chi connectivity index (χ3n) is 4.04. The number of hydrogen-bond acceptors (Lipinski definition) is 4. The van der Waals surface area contributed by atoms with Crippen LogP contribution in [0.3, 0.4) is 0 Å². The first-order chi connectivity index (χ1) is 11.7. The molecular weight excluding hydrogens is 300 g/mol. The molecule has 0 atom stereocenters. The van der Waals surface area contributed by atoms with Crippen LogP contribution < -0.4 is 4.90 Å². The van der Waals surface area contributed by atoms with Gasteiger partial charge in [0.25, 0.3) is 5.91 Å². The van der Waals surface area contributed by atoms with E-state index in [9.17, 15) is 4.79 Å². The van der Waals surface area contributed by atoms with Crippen molar-refractivity contribution in [3.8, 4) is 6.07 Å². The van der Waals surface area contributed by atoms with Gasteiger partial charge in [-0.3, -0.25) is 4.79 Å². The lowest BCUT2D eigenvalue weighted by atomic mass is 10.1. The number of hydrogen-bond donors (Lipinski definition) is 0. The molecular formula is C19H18N4O. The number of pyridine rings is 1. The molecule has 0 fully saturated rings. The maximum absolute atomic E-state index is 12.9. The Kier molecular flexibility index (Phi) is 4.57. The molecule has 0 radical (unpaired) electrons. The molecule has 2 heterocycles. The molecule has 5 nitrogen and oxygen atoms in total. The van der Waals surface area contributed by atoms with Gasteiger partial charge >= 0.3 is 0 Å². The minimum Gasteiger partial charge on any atom is -0.351 e. The van der Waals surface area contributed by atoms with E-state index in [1.807, 2.05) is 18.2 Å². The number of carbonyl (C=O) groups is 1. The number of nitrogens with zero attached hydrogens (tertiary/aromatic N) is 4.